The van der Waals surface area contributed by atoms with E-state index in [1.807, 2.05) is 44.2 Å². The lowest BCUT2D eigenvalue weighted by Crippen LogP contribution is -2.53. The van der Waals surface area contributed by atoms with Crippen LogP contribution in [0.2, 0.25) is 5.02 Å². The van der Waals surface area contributed by atoms with E-state index in [1.165, 1.54) is 24.1 Å². The summed E-state index contributed by atoms with van der Waals surface area (Å²) < 4.78 is 34.4. The number of anilines is 1. The van der Waals surface area contributed by atoms with Crippen LogP contribution >= 0.6 is 11.6 Å². The average Bonchev–Trinajstić information content (AvgIpc) is 3.05. The van der Waals surface area contributed by atoms with E-state index in [0.29, 0.717) is 23.0 Å². The highest BCUT2D eigenvalue weighted by Gasteiger charge is 2.34. The molecular weight excluding hydrogens is 610 g/mol. The molecule has 0 fully saturated rings. The summed E-state index contributed by atoms with van der Waals surface area (Å²) in [5.41, 5.74) is 1.92. The van der Waals surface area contributed by atoms with Gasteiger partial charge in [-0.05, 0) is 65.6 Å². The zero-order chi connectivity index (χ0) is 32.4. The summed E-state index contributed by atoms with van der Waals surface area (Å²) in [7, 11) is -2.70. The van der Waals surface area contributed by atoms with Gasteiger partial charge in [-0.25, -0.2) is 8.42 Å². The summed E-state index contributed by atoms with van der Waals surface area (Å²) in [4.78, 5) is 29.7. The minimum atomic E-state index is -4.20. The maximum Gasteiger partial charge on any atom is 0.264 e. The molecule has 0 spiro atoms. The summed E-state index contributed by atoms with van der Waals surface area (Å²) in [6, 6.07) is 30.0. The fourth-order valence-corrected chi connectivity index (χ4v) is 6.30. The number of carbonyl (C=O) groups is 2. The van der Waals surface area contributed by atoms with Crippen molar-refractivity contribution in [3.63, 3.8) is 0 Å². The number of benzene rings is 4. The molecule has 0 saturated carbocycles. The van der Waals surface area contributed by atoms with E-state index in [-0.39, 0.29) is 29.7 Å². The van der Waals surface area contributed by atoms with Crippen LogP contribution in [0.25, 0.3) is 0 Å². The number of nitrogens with one attached hydrogen (secondary N) is 1. The van der Waals surface area contributed by atoms with Crippen LogP contribution in [0, 0.1) is 5.92 Å². The molecule has 0 bridgehead atoms. The molecule has 2 amide bonds. The summed E-state index contributed by atoms with van der Waals surface area (Å²) in [5, 5.41) is 3.52. The van der Waals surface area contributed by atoms with Crippen LogP contribution in [0.15, 0.2) is 114 Å². The second-order valence-corrected chi connectivity index (χ2v) is 13.3. The quantitative estimate of drug-likeness (QED) is 0.182. The van der Waals surface area contributed by atoms with Crippen molar-refractivity contribution in [2.75, 3.05) is 24.5 Å². The van der Waals surface area contributed by atoms with Crippen molar-refractivity contribution in [3.05, 3.63) is 125 Å². The Kier molecular flexibility index (Phi) is 11.6. The third kappa shape index (κ3) is 9.09. The van der Waals surface area contributed by atoms with Crippen molar-refractivity contribution < 1.29 is 22.7 Å². The number of hydrogen-bond donors (Lipinski definition) is 1. The molecule has 4 rings (SSSR count). The predicted octanol–water partition coefficient (Wildman–Crippen LogP) is 5.96. The fraction of sp³-hybridized carbons (Fsp3) is 0.257. The number of rotatable bonds is 14. The van der Waals surface area contributed by atoms with E-state index >= 15 is 0 Å². The Morgan fingerprint density at radius 1 is 0.822 bits per heavy atom. The van der Waals surface area contributed by atoms with Crippen molar-refractivity contribution in [1.82, 2.24) is 10.2 Å². The number of nitrogens with zero attached hydrogens (tertiary/aromatic N) is 2. The van der Waals surface area contributed by atoms with Gasteiger partial charge in [0.05, 0.1) is 17.7 Å². The maximum absolute atomic E-state index is 14.4. The molecule has 1 atom stereocenters. The molecule has 0 saturated heterocycles. The van der Waals surface area contributed by atoms with Gasteiger partial charge < -0.3 is 15.0 Å². The Hall–Kier alpha value is -4.34. The van der Waals surface area contributed by atoms with E-state index in [9.17, 15) is 18.0 Å². The Morgan fingerprint density at radius 2 is 1.42 bits per heavy atom. The Balaban J connectivity index is 1.77. The van der Waals surface area contributed by atoms with Gasteiger partial charge in [0.25, 0.3) is 10.0 Å². The number of amides is 2. The summed E-state index contributed by atoms with van der Waals surface area (Å²) >= 11 is 6.14. The van der Waals surface area contributed by atoms with Gasteiger partial charge in [-0.1, -0.05) is 86.1 Å². The maximum atomic E-state index is 14.4. The molecule has 0 aliphatic heterocycles. The molecule has 4 aromatic rings. The van der Waals surface area contributed by atoms with Crippen LogP contribution in [0.1, 0.15) is 25.0 Å². The molecule has 0 aliphatic rings. The van der Waals surface area contributed by atoms with Gasteiger partial charge in [-0.2, -0.15) is 0 Å². The lowest BCUT2D eigenvalue weighted by Gasteiger charge is -2.34. The first kappa shape index (κ1) is 33.6. The monoisotopic (exact) mass is 647 g/mol. The van der Waals surface area contributed by atoms with Crippen molar-refractivity contribution in [1.29, 1.82) is 0 Å². The van der Waals surface area contributed by atoms with Crippen LogP contribution < -0.4 is 14.4 Å². The van der Waals surface area contributed by atoms with Crippen molar-refractivity contribution in [2.45, 2.75) is 37.8 Å². The van der Waals surface area contributed by atoms with Gasteiger partial charge in [0.1, 0.15) is 18.3 Å². The van der Waals surface area contributed by atoms with E-state index in [4.69, 9.17) is 16.3 Å². The van der Waals surface area contributed by atoms with Crippen molar-refractivity contribution in [2.24, 2.45) is 5.92 Å². The summed E-state index contributed by atoms with van der Waals surface area (Å²) in [5.74, 6) is -0.165. The molecule has 0 aliphatic carbocycles. The number of methoxy groups -OCH3 is 1. The van der Waals surface area contributed by atoms with Crippen LogP contribution in [-0.2, 0) is 32.6 Å². The highest BCUT2D eigenvalue weighted by molar-refractivity contribution is 7.92. The minimum absolute atomic E-state index is 0.000263. The summed E-state index contributed by atoms with van der Waals surface area (Å²) in [6.07, 6.45) is 0.237. The van der Waals surface area contributed by atoms with Gasteiger partial charge in [0.2, 0.25) is 11.8 Å². The number of carbonyl (C=O) groups excluding carboxylic acids is 2. The van der Waals surface area contributed by atoms with Crippen LogP contribution in [0.3, 0.4) is 0 Å². The lowest BCUT2D eigenvalue weighted by molar-refractivity contribution is -0.140. The van der Waals surface area contributed by atoms with Crippen molar-refractivity contribution >= 4 is 39.1 Å². The second-order valence-electron chi connectivity index (χ2n) is 11.0. The third-order valence-electron chi connectivity index (χ3n) is 7.19. The van der Waals surface area contributed by atoms with Crippen LogP contribution in [0.4, 0.5) is 5.69 Å². The lowest BCUT2D eigenvalue weighted by atomic mass is 10.0. The van der Waals surface area contributed by atoms with E-state index < -0.39 is 28.5 Å². The SMILES string of the molecule is COc1ccc(S(=O)(=O)N(CC(=O)N(Cc2ccc(Cl)cc2)[C@@H](Cc2ccccc2)C(=O)NCC(C)C)c2ccccc2)cc1. The molecule has 10 heteroatoms. The van der Waals surface area contributed by atoms with Crippen LogP contribution in [0.5, 0.6) is 5.75 Å². The molecule has 0 aromatic heterocycles. The van der Waals surface area contributed by atoms with E-state index in [2.05, 4.69) is 5.32 Å². The van der Waals surface area contributed by atoms with Crippen LogP contribution in [-0.4, -0.2) is 51.4 Å². The molecule has 0 unspecified atom stereocenters. The standard InChI is InChI=1S/C35H38ClN3O5S/c1-26(2)23-37-35(41)33(22-27-10-6-4-7-11-27)38(24-28-14-16-29(36)17-15-28)34(40)25-39(30-12-8-5-9-13-30)45(42,43)32-20-18-31(44-3)19-21-32/h4-21,26,33H,22-25H2,1-3H3,(H,37,41)/t33-/m0/s1. The molecular formula is C35H38ClN3O5S. The molecule has 1 N–H and O–H groups in total. The number of halogens is 1. The molecule has 45 heavy (non-hydrogen) atoms. The topological polar surface area (TPSA) is 96.0 Å². The zero-order valence-corrected chi connectivity index (χ0v) is 27.2. The number of hydrogen-bond acceptors (Lipinski definition) is 5. The van der Waals surface area contributed by atoms with Gasteiger partial charge >= 0.3 is 0 Å². The first-order valence-corrected chi connectivity index (χ1v) is 16.5. The molecule has 0 radical (unpaired) electrons. The number of ether oxygens (including phenoxy) is 1. The van der Waals surface area contributed by atoms with Gasteiger partial charge in [-0.3, -0.25) is 13.9 Å². The Bertz CT molecular complexity index is 1650. The minimum Gasteiger partial charge on any atom is -0.497 e. The molecule has 4 aromatic carbocycles. The van der Waals surface area contributed by atoms with E-state index in [1.54, 1.807) is 66.7 Å². The van der Waals surface area contributed by atoms with Crippen molar-refractivity contribution in [3.8, 4) is 5.75 Å². The average molecular weight is 648 g/mol. The normalized spacial score (nSPS) is 11.9. The van der Waals surface area contributed by atoms with Gasteiger partial charge in [0.15, 0.2) is 0 Å². The highest BCUT2D eigenvalue weighted by atomic mass is 35.5. The summed E-state index contributed by atoms with van der Waals surface area (Å²) in [6.45, 7) is 3.94. The Labute approximate surface area is 270 Å². The van der Waals surface area contributed by atoms with Gasteiger partial charge in [0, 0.05) is 24.5 Å². The van der Waals surface area contributed by atoms with Gasteiger partial charge in [-0.15, -0.1) is 0 Å². The largest absolute Gasteiger partial charge is 0.497 e. The predicted molar refractivity (Wildman–Crippen MR) is 178 cm³/mol. The molecule has 236 valence electrons. The first-order valence-electron chi connectivity index (χ1n) is 14.7. The number of sulfonamides is 1. The second kappa shape index (κ2) is 15.6. The van der Waals surface area contributed by atoms with E-state index in [0.717, 1.165) is 15.4 Å². The smallest absolute Gasteiger partial charge is 0.264 e. The first-order chi connectivity index (χ1) is 21.6. The fourth-order valence-electron chi connectivity index (χ4n) is 4.76. The zero-order valence-electron chi connectivity index (χ0n) is 25.6. The molecule has 0 heterocycles. The Morgan fingerprint density at radius 3 is 2.00 bits per heavy atom. The highest BCUT2D eigenvalue weighted by Crippen LogP contribution is 2.26. The molecule has 8 nitrogen and oxygen atoms in total. The third-order valence-corrected chi connectivity index (χ3v) is 9.23. The number of para-hydroxylation sites is 1.